The zero-order valence-corrected chi connectivity index (χ0v) is 26.2. The van der Waals surface area contributed by atoms with Crippen LogP contribution in [0.1, 0.15) is 0 Å². The van der Waals surface area contributed by atoms with Crippen molar-refractivity contribution in [1.82, 2.24) is 9.97 Å². The summed E-state index contributed by atoms with van der Waals surface area (Å²) in [7, 11) is 0. The molecule has 0 spiro atoms. The predicted molar refractivity (Wildman–Crippen MR) is 202 cm³/mol. The topological polar surface area (TPSA) is 25.8 Å². The highest BCUT2D eigenvalue weighted by atomic mass is 14.6. The molecule has 48 heavy (non-hydrogen) atoms. The van der Waals surface area contributed by atoms with Gasteiger partial charge in [0, 0.05) is 24.8 Å². The molecule has 2 nitrogen and oxygen atoms in total. The van der Waals surface area contributed by atoms with Crippen LogP contribution in [0.5, 0.6) is 0 Å². The molecule has 0 aliphatic heterocycles. The molecule has 0 radical (unpaired) electrons. The number of pyridine rings is 2. The number of benzene rings is 7. The molecule has 9 rings (SSSR count). The van der Waals surface area contributed by atoms with E-state index in [0.717, 1.165) is 22.3 Å². The van der Waals surface area contributed by atoms with Crippen LogP contribution in [0.4, 0.5) is 0 Å². The van der Waals surface area contributed by atoms with Gasteiger partial charge in [-0.05, 0) is 136 Å². The fraction of sp³-hybridized carbons (Fsp3) is 0. The van der Waals surface area contributed by atoms with Gasteiger partial charge in [0.15, 0.2) is 0 Å². The Morgan fingerprint density at radius 2 is 0.604 bits per heavy atom. The van der Waals surface area contributed by atoms with Crippen LogP contribution in [0.2, 0.25) is 0 Å². The van der Waals surface area contributed by atoms with Gasteiger partial charge in [-0.3, -0.25) is 9.97 Å². The van der Waals surface area contributed by atoms with Crippen molar-refractivity contribution in [3.05, 3.63) is 183 Å². The third-order valence-electron chi connectivity index (χ3n) is 9.47. The van der Waals surface area contributed by atoms with E-state index in [2.05, 4.69) is 168 Å². The van der Waals surface area contributed by atoms with E-state index in [1.807, 2.05) is 24.8 Å². The van der Waals surface area contributed by atoms with E-state index >= 15 is 0 Å². The quantitative estimate of drug-likeness (QED) is 0.181. The molecule has 9 aromatic rings. The Bertz CT molecular complexity index is 2500. The minimum absolute atomic E-state index is 1.14. The SMILES string of the molecule is c1ccc(-c2cc(-c3ccncc3)cc(-c3ccncc3)c2)c(-c2ccc(-c3ccc4c5ccccc5c5ccccc5c4c3)cc2)c1. The number of fused-ring (bicyclic) bond motifs is 6. The van der Waals surface area contributed by atoms with Crippen molar-refractivity contribution < 1.29 is 0 Å². The number of rotatable bonds is 5. The number of hydrogen-bond acceptors (Lipinski definition) is 2. The van der Waals surface area contributed by atoms with Crippen molar-refractivity contribution in [3.8, 4) is 55.6 Å². The Hall–Kier alpha value is -6.38. The summed E-state index contributed by atoms with van der Waals surface area (Å²) in [4.78, 5) is 8.49. The molecule has 2 heteroatoms. The van der Waals surface area contributed by atoms with Crippen molar-refractivity contribution in [1.29, 1.82) is 0 Å². The van der Waals surface area contributed by atoms with E-state index < -0.39 is 0 Å². The van der Waals surface area contributed by atoms with Gasteiger partial charge in [0.2, 0.25) is 0 Å². The van der Waals surface area contributed by atoms with Gasteiger partial charge < -0.3 is 0 Å². The fourth-order valence-electron chi connectivity index (χ4n) is 7.12. The molecule has 0 unspecified atom stereocenters. The maximum absolute atomic E-state index is 4.25. The molecule has 0 N–H and O–H groups in total. The predicted octanol–water partition coefficient (Wildman–Crippen LogP) is 12.3. The lowest BCUT2D eigenvalue weighted by atomic mass is 9.89. The Morgan fingerprint density at radius 1 is 0.229 bits per heavy atom. The van der Waals surface area contributed by atoms with Crippen LogP contribution in [0.15, 0.2) is 183 Å². The first-order valence-corrected chi connectivity index (χ1v) is 16.3. The van der Waals surface area contributed by atoms with Crippen LogP contribution in [0.25, 0.3) is 88.0 Å². The number of hydrogen-bond donors (Lipinski definition) is 0. The Labute approximate surface area is 279 Å². The largest absolute Gasteiger partial charge is 0.265 e. The second-order valence-corrected chi connectivity index (χ2v) is 12.2. The Balaban J connectivity index is 1.14. The number of aromatic nitrogens is 2. The van der Waals surface area contributed by atoms with Crippen molar-refractivity contribution in [2.45, 2.75) is 0 Å². The lowest BCUT2D eigenvalue weighted by molar-refractivity contribution is 1.33. The average molecular weight is 611 g/mol. The van der Waals surface area contributed by atoms with Crippen LogP contribution in [-0.2, 0) is 0 Å². The van der Waals surface area contributed by atoms with E-state index in [1.165, 1.54) is 65.7 Å². The van der Waals surface area contributed by atoms with E-state index in [0.29, 0.717) is 0 Å². The lowest BCUT2D eigenvalue weighted by Gasteiger charge is -2.15. The van der Waals surface area contributed by atoms with Gasteiger partial charge in [-0.2, -0.15) is 0 Å². The summed E-state index contributed by atoms with van der Waals surface area (Å²) in [5.41, 5.74) is 11.8. The summed E-state index contributed by atoms with van der Waals surface area (Å²) in [6.45, 7) is 0. The second-order valence-electron chi connectivity index (χ2n) is 12.2. The van der Waals surface area contributed by atoms with E-state index in [1.54, 1.807) is 0 Å². The van der Waals surface area contributed by atoms with E-state index in [9.17, 15) is 0 Å². The summed E-state index contributed by atoms with van der Waals surface area (Å²) in [6.07, 6.45) is 7.40. The fourth-order valence-corrected chi connectivity index (χ4v) is 7.12. The molecular formula is C46H30N2. The lowest BCUT2D eigenvalue weighted by Crippen LogP contribution is -1.89. The highest BCUT2D eigenvalue weighted by Crippen LogP contribution is 2.40. The second kappa shape index (κ2) is 11.8. The van der Waals surface area contributed by atoms with Crippen LogP contribution in [0.3, 0.4) is 0 Å². The molecule has 0 atom stereocenters. The van der Waals surface area contributed by atoms with Gasteiger partial charge >= 0.3 is 0 Å². The molecule has 2 aromatic heterocycles. The van der Waals surface area contributed by atoms with Gasteiger partial charge in [-0.1, -0.05) is 109 Å². The smallest absolute Gasteiger partial charge is 0.0273 e. The molecule has 7 aromatic carbocycles. The van der Waals surface area contributed by atoms with Gasteiger partial charge in [0.25, 0.3) is 0 Å². The van der Waals surface area contributed by atoms with Crippen LogP contribution >= 0.6 is 0 Å². The first-order valence-electron chi connectivity index (χ1n) is 16.3. The Kier molecular flexibility index (Phi) is 6.84. The highest BCUT2D eigenvalue weighted by Gasteiger charge is 2.13. The summed E-state index contributed by atoms with van der Waals surface area (Å²) >= 11 is 0. The molecule has 0 aliphatic rings. The van der Waals surface area contributed by atoms with Crippen LogP contribution in [0, 0.1) is 0 Å². The minimum atomic E-state index is 1.14. The molecule has 0 amide bonds. The summed E-state index contributed by atoms with van der Waals surface area (Å²) in [5.74, 6) is 0. The van der Waals surface area contributed by atoms with Gasteiger partial charge in [-0.25, -0.2) is 0 Å². The zero-order chi connectivity index (χ0) is 31.9. The Morgan fingerprint density at radius 3 is 1.15 bits per heavy atom. The summed E-state index contributed by atoms with van der Waals surface area (Å²) < 4.78 is 0. The van der Waals surface area contributed by atoms with Crippen LogP contribution < -0.4 is 0 Å². The first-order chi connectivity index (χ1) is 23.8. The van der Waals surface area contributed by atoms with Gasteiger partial charge in [0.1, 0.15) is 0 Å². The van der Waals surface area contributed by atoms with E-state index in [4.69, 9.17) is 0 Å². The normalized spacial score (nSPS) is 11.3. The average Bonchev–Trinajstić information content (AvgIpc) is 3.18. The molecule has 0 saturated heterocycles. The van der Waals surface area contributed by atoms with Gasteiger partial charge in [-0.15, -0.1) is 0 Å². The standard InChI is InChI=1S/C46H30N2/c1-2-8-40(38-28-36(32-19-23-47-24-20-32)27-37(29-38)33-21-25-48-26-22-33)39(7-1)34-15-13-31(14-16-34)35-17-18-45-43-11-4-3-9-41(43)42-10-5-6-12-44(42)46(45)30-35/h1-30H. The summed E-state index contributed by atoms with van der Waals surface area (Å²) in [5, 5.41) is 7.76. The van der Waals surface area contributed by atoms with E-state index in [-0.39, 0.29) is 0 Å². The maximum Gasteiger partial charge on any atom is 0.0273 e. The molecule has 2 heterocycles. The molecule has 224 valence electrons. The molecule has 0 fully saturated rings. The summed E-state index contributed by atoms with van der Waals surface area (Å²) in [6, 6.07) is 57.2. The zero-order valence-electron chi connectivity index (χ0n) is 26.2. The van der Waals surface area contributed by atoms with Crippen LogP contribution in [-0.4, -0.2) is 9.97 Å². The minimum Gasteiger partial charge on any atom is -0.265 e. The monoisotopic (exact) mass is 610 g/mol. The molecule has 0 bridgehead atoms. The van der Waals surface area contributed by atoms with Crippen molar-refractivity contribution in [2.24, 2.45) is 0 Å². The third kappa shape index (κ3) is 4.92. The molecular weight excluding hydrogens is 581 g/mol. The maximum atomic E-state index is 4.25. The van der Waals surface area contributed by atoms with Crippen molar-refractivity contribution >= 4 is 32.3 Å². The van der Waals surface area contributed by atoms with Gasteiger partial charge in [0.05, 0.1) is 0 Å². The van der Waals surface area contributed by atoms with Crippen molar-refractivity contribution in [3.63, 3.8) is 0 Å². The number of nitrogens with zero attached hydrogens (tertiary/aromatic N) is 2. The molecule has 0 saturated carbocycles. The van der Waals surface area contributed by atoms with Crippen molar-refractivity contribution in [2.75, 3.05) is 0 Å². The highest BCUT2D eigenvalue weighted by molar-refractivity contribution is 6.25. The first kappa shape index (κ1) is 27.9. The third-order valence-corrected chi connectivity index (χ3v) is 9.47. The molecule has 0 aliphatic carbocycles.